The third kappa shape index (κ3) is 2.76. The number of rotatable bonds is 2. The number of phenolic OH excluding ortho intramolecular Hbond substituents is 1. The average Bonchev–Trinajstić information content (AvgIpc) is 2.50. The van der Waals surface area contributed by atoms with Crippen LogP contribution in [0.25, 0.3) is 10.8 Å². The monoisotopic (exact) mass is 312 g/mol. The van der Waals surface area contributed by atoms with Gasteiger partial charge in [-0.2, -0.15) is 0 Å². The highest BCUT2D eigenvalue weighted by Crippen LogP contribution is 2.28. The highest BCUT2D eigenvalue weighted by Gasteiger charge is 2.16. The summed E-state index contributed by atoms with van der Waals surface area (Å²) in [6.45, 7) is 1.82. The van der Waals surface area contributed by atoms with Crippen LogP contribution < -0.4 is 4.74 Å². The molecule has 0 atom stereocenters. The maximum absolute atomic E-state index is 12.3. The van der Waals surface area contributed by atoms with Crippen molar-refractivity contribution in [2.24, 2.45) is 0 Å². The number of carbonyl (C=O) groups excluding carboxylic acids is 1. The topological polar surface area (TPSA) is 46.5 Å². The number of esters is 1. The Bertz CT molecular complexity index is 871. The molecule has 0 aliphatic heterocycles. The summed E-state index contributed by atoms with van der Waals surface area (Å²) in [4.78, 5) is 12.3. The summed E-state index contributed by atoms with van der Waals surface area (Å²) in [6, 6.07) is 15.7. The Labute approximate surface area is 132 Å². The number of phenols is 1. The summed E-state index contributed by atoms with van der Waals surface area (Å²) in [6.07, 6.45) is 0. The highest BCUT2D eigenvalue weighted by molar-refractivity contribution is 6.30. The molecule has 1 N–H and O–H groups in total. The molecular formula is C18H13ClO3. The van der Waals surface area contributed by atoms with Crippen molar-refractivity contribution < 1.29 is 14.6 Å². The number of carbonyl (C=O) groups is 1. The van der Waals surface area contributed by atoms with Crippen LogP contribution in [0.2, 0.25) is 5.02 Å². The first-order chi connectivity index (χ1) is 10.5. The Balaban J connectivity index is 1.98. The zero-order chi connectivity index (χ0) is 15.7. The lowest BCUT2D eigenvalue weighted by atomic mass is 10.1. The summed E-state index contributed by atoms with van der Waals surface area (Å²) >= 11 is 5.91. The van der Waals surface area contributed by atoms with Gasteiger partial charge in [0, 0.05) is 5.02 Å². The predicted molar refractivity (Wildman–Crippen MR) is 86.8 cm³/mol. The molecule has 0 fully saturated rings. The molecule has 22 heavy (non-hydrogen) atoms. The molecule has 3 aromatic carbocycles. The van der Waals surface area contributed by atoms with E-state index < -0.39 is 5.97 Å². The van der Waals surface area contributed by atoms with Crippen LogP contribution in [0.15, 0.2) is 54.6 Å². The second kappa shape index (κ2) is 5.70. The Hall–Kier alpha value is -2.52. The van der Waals surface area contributed by atoms with Crippen LogP contribution in [0.3, 0.4) is 0 Å². The van der Waals surface area contributed by atoms with E-state index in [-0.39, 0.29) is 11.3 Å². The van der Waals surface area contributed by atoms with Crippen molar-refractivity contribution in [1.82, 2.24) is 0 Å². The highest BCUT2D eigenvalue weighted by atomic mass is 35.5. The summed E-state index contributed by atoms with van der Waals surface area (Å²) in [5.74, 6) is -0.345. The minimum absolute atomic E-state index is 0.108. The van der Waals surface area contributed by atoms with E-state index in [9.17, 15) is 9.90 Å². The van der Waals surface area contributed by atoms with Crippen molar-refractivity contribution in [3.05, 3.63) is 70.7 Å². The van der Waals surface area contributed by atoms with E-state index >= 15 is 0 Å². The second-order valence-corrected chi connectivity index (χ2v) is 5.45. The molecule has 0 spiro atoms. The molecule has 0 heterocycles. The van der Waals surface area contributed by atoms with Crippen LogP contribution in [-0.4, -0.2) is 11.1 Å². The van der Waals surface area contributed by atoms with E-state index in [1.54, 1.807) is 30.3 Å². The normalized spacial score (nSPS) is 10.6. The number of fused-ring (bicyclic) bond motifs is 1. The first-order valence-corrected chi connectivity index (χ1v) is 7.12. The lowest BCUT2D eigenvalue weighted by Gasteiger charge is -2.10. The summed E-state index contributed by atoms with van der Waals surface area (Å²) in [5.41, 5.74) is 0.913. The van der Waals surface area contributed by atoms with E-state index in [4.69, 9.17) is 16.3 Å². The van der Waals surface area contributed by atoms with Crippen molar-refractivity contribution in [2.45, 2.75) is 6.92 Å². The van der Waals surface area contributed by atoms with Crippen LogP contribution in [0.4, 0.5) is 0 Å². The van der Waals surface area contributed by atoms with Crippen molar-refractivity contribution in [2.75, 3.05) is 0 Å². The maximum atomic E-state index is 12.3. The molecule has 0 unspecified atom stereocenters. The first kappa shape index (κ1) is 14.4. The van der Waals surface area contributed by atoms with Crippen LogP contribution in [-0.2, 0) is 0 Å². The third-order valence-corrected chi connectivity index (χ3v) is 3.67. The molecule has 0 bridgehead atoms. The van der Waals surface area contributed by atoms with E-state index in [1.165, 1.54) is 0 Å². The molecule has 0 amide bonds. The molecule has 3 nitrogen and oxygen atoms in total. The Kier molecular flexibility index (Phi) is 3.73. The average molecular weight is 313 g/mol. The van der Waals surface area contributed by atoms with Crippen LogP contribution >= 0.6 is 11.6 Å². The van der Waals surface area contributed by atoms with E-state index in [1.807, 2.05) is 31.2 Å². The number of benzene rings is 3. The fourth-order valence-corrected chi connectivity index (χ4v) is 2.39. The molecule has 4 heteroatoms. The molecule has 110 valence electrons. The molecule has 0 aromatic heterocycles. The number of halogens is 1. The Morgan fingerprint density at radius 1 is 1.05 bits per heavy atom. The minimum atomic E-state index is -0.617. The predicted octanol–water partition coefficient (Wildman–Crippen LogP) is 4.73. The fraction of sp³-hybridized carbons (Fsp3) is 0.0556. The van der Waals surface area contributed by atoms with Gasteiger partial charge in [0.25, 0.3) is 0 Å². The first-order valence-electron chi connectivity index (χ1n) is 6.75. The van der Waals surface area contributed by atoms with Gasteiger partial charge >= 0.3 is 5.97 Å². The molecular weight excluding hydrogens is 300 g/mol. The van der Waals surface area contributed by atoms with Gasteiger partial charge in [-0.15, -0.1) is 0 Å². The van der Waals surface area contributed by atoms with Gasteiger partial charge in [0.2, 0.25) is 0 Å². The quantitative estimate of drug-likeness (QED) is 0.550. The number of aromatic hydroxyl groups is 1. The molecule has 0 radical (unpaired) electrons. The van der Waals surface area contributed by atoms with Gasteiger partial charge in [-0.1, -0.05) is 41.9 Å². The van der Waals surface area contributed by atoms with Crippen molar-refractivity contribution in [3.8, 4) is 11.5 Å². The molecule has 3 rings (SSSR count). The van der Waals surface area contributed by atoms with Crippen LogP contribution in [0.1, 0.15) is 15.9 Å². The van der Waals surface area contributed by atoms with Gasteiger partial charge in [-0.25, -0.2) is 4.79 Å². The van der Waals surface area contributed by atoms with E-state index in [0.29, 0.717) is 10.8 Å². The van der Waals surface area contributed by atoms with Gasteiger partial charge in [0.15, 0.2) is 0 Å². The zero-order valence-corrected chi connectivity index (χ0v) is 12.6. The molecule has 0 saturated carbocycles. The SMILES string of the molecule is Cc1ccc(Cl)cc1OC(=O)c1cc2ccccc2cc1O. The molecule has 0 saturated heterocycles. The molecule has 3 aromatic rings. The molecule has 0 aliphatic rings. The van der Waals surface area contributed by atoms with Crippen molar-refractivity contribution in [3.63, 3.8) is 0 Å². The number of hydrogen-bond acceptors (Lipinski definition) is 3. The number of aryl methyl sites for hydroxylation is 1. The van der Waals surface area contributed by atoms with Crippen LogP contribution in [0, 0.1) is 6.92 Å². The summed E-state index contributed by atoms with van der Waals surface area (Å²) in [5, 5.41) is 12.2. The summed E-state index contributed by atoms with van der Waals surface area (Å²) < 4.78 is 5.36. The lowest BCUT2D eigenvalue weighted by molar-refractivity contribution is 0.0730. The maximum Gasteiger partial charge on any atom is 0.347 e. The fourth-order valence-electron chi connectivity index (χ4n) is 2.23. The standard InChI is InChI=1S/C18H13ClO3/c1-11-6-7-14(19)10-17(11)22-18(21)15-8-12-4-2-3-5-13(12)9-16(15)20/h2-10,20H,1H3. The lowest BCUT2D eigenvalue weighted by Crippen LogP contribution is -2.09. The smallest absolute Gasteiger partial charge is 0.347 e. The number of ether oxygens (including phenoxy) is 1. The van der Waals surface area contributed by atoms with Crippen LogP contribution in [0.5, 0.6) is 11.5 Å². The van der Waals surface area contributed by atoms with Crippen molar-refractivity contribution >= 4 is 28.3 Å². The second-order valence-electron chi connectivity index (χ2n) is 5.02. The van der Waals surface area contributed by atoms with Gasteiger partial charge in [-0.3, -0.25) is 0 Å². The minimum Gasteiger partial charge on any atom is -0.507 e. The van der Waals surface area contributed by atoms with Gasteiger partial charge in [-0.05, 0) is 47.5 Å². The number of hydrogen-bond donors (Lipinski definition) is 1. The van der Waals surface area contributed by atoms with Gasteiger partial charge in [0.05, 0.1) is 0 Å². The largest absolute Gasteiger partial charge is 0.507 e. The Morgan fingerprint density at radius 2 is 1.73 bits per heavy atom. The summed E-state index contributed by atoms with van der Waals surface area (Å²) in [7, 11) is 0. The van der Waals surface area contributed by atoms with Gasteiger partial charge in [0.1, 0.15) is 17.1 Å². The zero-order valence-electron chi connectivity index (χ0n) is 11.8. The molecule has 0 aliphatic carbocycles. The van der Waals surface area contributed by atoms with Crippen molar-refractivity contribution in [1.29, 1.82) is 0 Å². The van der Waals surface area contributed by atoms with E-state index in [2.05, 4.69) is 0 Å². The Morgan fingerprint density at radius 3 is 2.45 bits per heavy atom. The van der Waals surface area contributed by atoms with E-state index in [0.717, 1.165) is 16.3 Å². The van der Waals surface area contributed by atoms with Gasteiger partial charge < -0.3 is 9.84 Å². The third-order valence-electron chi connectivity index (χ3n) is 3.44.